The number of rotatable bonds is 3. The third kappa shape index (κ3) is 3.71. The van der Waals surface area contributed by atoms with Crippen LogP contribution in [0, 0.1) is 13.8 Å². The average molecular weight is 455 g/mol. The molecule has 2 aromatic rings. The van der Waals surface area contributed by atoms with Crippen LogP contribution in [0.5, 0.6) is 0 Å². The van der Waals surface area contributed by atoms with Gasteiger partial charge in [0.15, 0.2) is 11.4 Å². The van der Waals surface area contributed by atoms with Crippen molar-refractivity contribution >= 4 is 17.5 Å². The molecule has 0 aromatic heterocycles. The second-order valence-electron chi connectivity index (χ2n) is 8.85. The first-order chi connectivity index (χ1) is 16.5. The molecule has 2 N–H and O–H groups in total. The van der Waals surface area contributed by atoms with Gasteiger partial charge in [-0.3, -0.25) is 4.79 Å². The van der Waals surface area contributed by atoms with Gasteiger partial charge in [-0.2, -0.15) is 4.48 Å². The van der Waals surface area contributed by atoms with Gasteiger partial charge >= 0.3 is 5.91 Å². The third-order valence-corrected chi connectivity index (χ3v) is 6.74. The van der Waals surface area contributed by atoms with Crippen molar-refractivity contribution in [2.45, 2.75) is 20.3 Å². The number of fused-ring (bicyclic) bond motifs is 3. The quantitative estimate of drug-likeness (QED) is 0.659. The fourth-order valence-electron chi connectivity index (χ4n) is 4.92. The Kier molecular flexibility index (Phi) is 5.77. The van der Waals surface area contributed by atoms with E-state index in [1.165, 1.54) is 0 Å². The first-order valence-corrected chi connectivity index (χ1v) is 11.5. The summed E-state index contributed by atoms with van der Waals surface area (Å²) >= 11 is 0. The number of hydrogen-bond acceptors (Lipinski definition) is 4. The highest BCUT2D eigenvalue weighted by atomic mass is 16.5. The van der Waals surface area contributed by atoms with Crippen molar-refractivity contribution in [2.75, 3.05) is 25.1 Å². The van der Waals surface area contributed by atoms with Crippen molar-refractivity contribution in [1.82, 2.24) is 5.32 Å². The van der Waals surface area contributed by atoms with E-state index in [4.69, 9.17) is 4.74 Å². The first-order valence-electron chi connectivity index (χ1n) is 11.5. The van der Waals surface area contributed by atoms with Crippen LogP contribution in [0.25, 0.3) is 0 Å². The minimum Gasteiger partial charge on any atom is -0.365 e. The van der Waals surface area contributed by atoms with Gasteiger partial charge in [-0.15, -0.1) is 0 Å². The molecule has 1 unspecified atom stereocenters. The maximum Gasteiger partial charge on any atom is 0.356 e. The number of allylic oxidation sites excluding steroid dienone is 4. The van der Waals surface area contributed by atoms with Crippen molar-refractivity contribution in [3.8, 4) is 0 Å². The minimum absolute atomic E-state index is 0.0139. The highest BCUT2D eigenvalue weighted by Gasteiger charge is 2.50. The van der Waals surface area contributed by atoms with Gasteiger partial charge in [0, 0.05) is 29.1 Å². The Morgan fingerprint density at radius 2 is 1.88 bits per heavy atom. The molecule has 2 heterocycles. The molecular formula is C28H28N3O3+. The van der Waals surface area contributed by atoms with Crippen LogP contribution in [-0.2, 0) is 4.74 Å². The van der Waals surface area contributed by atoms with E-state index < -0.39 is 0 Å². The lowest BCUT2D eigenvalue weighted by molar-refractivity contribution is -0.779. The van der Waals surface area contributed by atoms with Crippen molar-refractivity contribution in [3.63, 3.8) is 0 Å². The topological polar surface area (TPSA) is 67.4 Å². The number of nitrogens with one attached hydrogen (secondary N) is 2. The van der Waals surface area contributed by atoms with E-state index in [1.54, 1.807) is 6.07 Å². The summed E-state index contributed by atoms with van der Waals surface area (Å²) in [6.45, 7) is 5.26. The van der Waals surface area contributed by atoms with Crippen molar-refractivity contribution in [2.24, 2.45) is 0 Å². The third-order valence-electron chi connectivity index (χ3n) is 6.74. The number of morpholine rings is 1. The van der Waals surface area contributed by atoms with Gasteiger partial charge in [-0.05, 0) is 55.7 Å². The van der Waals surface area contributed by atoms with Gasteiger partial charge in [-0.1, -0.05) is 30.4 Å². The van der Waals surface area contributed by atoms with Gasteiger partial charge < -0.3 is 15.4 Å². The molecule has 2 aliphatic heterocycles. The number of carbonyl (C=O) groups excluding carboxylic acids is 2. The van der Waals surface area contributed by atoms with Gasteiger partial charge in [0.05, 0.1) is 18.4 Å². The number of hydrogen-bond donors (Lipinski definition) is 2. The number of anilines is 1. The highest BCUT2D eigenvalue weighted by molar-refractivity contribution is 6.05. The Hall–Kier alpha value is -3.74. The Labute approximate surface area is 199 Å². The van der Waals surface area contributed by atoms with Gasteiger partial charge in [-0.25, -0.2) is 4.79 Å². The predicted octanol–water partition coefficient (Wildman–Crippen LogP) is 4.72. The molecule has 2 aromatic carbocycles. The van der Waals surface area contributed by atoms with Crippen LogP contribution in [0.15, 0.2) is 90.1 Å². The molecule has 34 heavy (non-hydrogen) atoms. The van der Waals surface area contributed by atoms with E-state index in [9.17, 15) is 9.59 Å². The van der Waals surface area contributed by atoms with E-state index in [1.807, 2.05) is 74.8 Å². The van der Waals surface area contributed by atoms with Crippen LogP contribution in [0.3, 0.4) is 0 Å². The summed E-state index contributed by atoms with van der Waals surface area (Å²) < 4.78 is 5.86. The van der Waals surface area contributed by atoms with Crippen LogP contribution < -0.4 is 10.6 Å². The number of quaternary nitrogens is 1. The zero-order valence-electron chi connectivity index (χ0n) is 19.4. The Bertz CT molecular complexity index is 1300. The number of ether oxygens (including phenoxy) is 1. The highest BCUT2D eigenvalue weighted by Crippen LogP contribution is 2.40. The summed E-state index contributed by atoms with van der Waals surface area (Å²) in [6, 6.07) is 13.0. The second kappa shape index (κ2) is 8.89. The van der Waals surface area contributed by atoms with Crippen LogP contribution in [0.4, 0.5) is 5.69 Å². The SMILES string of the molecule is Cc1ccccc1C(=O)Nc1ccc(C(=O)[N+]23CCOCC2=CNC=C2CC=CC=C23)c(C)c1. The molecule has 0 radical (unpaired) electrons. The normalized spacial score (nSPS) is 21.1. The van der Waals surface area contributed by atoms with Crippen LogP contribution in [0.2, 0.25) is 0 Å². The van der Waals surface area contributed by atoms with E-state index in [2.05, 4.69) is 16.7 Å². The standard InChI is InChI=1S/C28H27N3O3/c1-19-7-3-5-9-24(19)27(32)30-22-11-12-25(20(2)15-22)28(33)31-13-14-34-18-23(31)17-29-16-21-8-4-6-10-26(21)31/h3-7,9-12,15-17,29H,8,13-14,18H2,1-2H3/p+1. The number of carbonyl (C=O) groups is 2. The molecule has 1 aliphatic carbocycles. The predicted molar refractivity (Wildman–Crippen MR) is 132 cm³/mol. The van der Waals surface area contributed by atoms with Gasteiger partial charge in [0.2, 0.25) is 0 Å². The van der Waals surface area contributed by atoms with Gasteiger partial charge in [0.25, 0.3) is 5.91 Å². The molecule has 1 saturated heterocycles. The zero-order chi connectivity index (χ0) is 23.7. The fraction of sp³-hybridized carbons (Fsp3) is 0.214. The van der Waals surface area contributed by atoms with Crippen LogP contribution >= 0.6 is 0 Å². The molecule has 6 heteroatoms. The number of benzene rings is 2. The molecule has 0 saturated carbocycles. The Morgan fingerprint density at radius 1 is 1.03 bits per heavy atom. The Balaban J connectivity index is 1.50. The maximum atomic E-state index is 14.3. The van der Waals surface area contributed by atoms with Crippen molar-refractivity contribution < 1.29 is 18.8 Å². The van der Waals surface area contributed by atoms with Gasteiger partial charge in [0.1, 0.15) is 13.2 Å². The largest absolute Gasteiger partial charge is 0.365 e. The summed E-state index contributed by atoms with van der Waals surface area (Å²) in [6.07, 6.45) is 10.8. The van der Waals surface area contributed by atoms with E-state index >= 15 is 0 Å². The van der Waals surface area contributed by atoms with E-state index in [0.717, 1.165) is 34.5 Å². The number of amides is 2. The van der Waals surface area contributed by atoms with Crippen molar-refractivity contribution in [3.05, 3.63) is 112 Å². The molecule has 2 amide bonds. The van der Waals surface area contributed by atoms with Crippen LogP contribution in [-0.4, -0.2) is 36.1 Å². The first kappa shape index (κ1) is 22.1. The summed E-state index contributed by atoms with van der Waals surface area (Å²) in [4.78, 5) is 27.0. The monoisotopic (exact) mass is 454 g/mol. The molecule has 172 valence electrons. The molecule has 0 spiro atoms. The number of aryl methyl sites for hydroxylation is 2. The molecule has 1 fully saturated rings. The summed E-state index contributed by atoms with van der Waals surface area (Å²) in [5.41, 5.74) is 6.65. The summed E-state index contributed by atoms with van der Waals surface area (Å²) in [5, 5.41) is 6.22. The Morgan fingerprint density at radius 3 is 2.71 bits per heavy atom. The lowest BCUT2D eigenvalue weighted by Gasteiger charge is -2.41. The number of nitrogens with zero attached hydrogens (tertiary/aromatic N) is 1. The van der Waals surface area contributed by atoms with Crippen molar-refractivity contribution in [1.29, 1.82) is 0 Å². The molecule has 0 bridgehead atoms. The van der Waals surface area contributed by atoms with E-state index in [0.29, 0.717) is 36.6 Å². The molecular weight excluding hydrogens is 426 g/mol. The second-order valence-corrected chi connectivity index (χ2v) is 8.85. The fourth-order valence-corrected chi connectivity index (χ4v) is 4.92. The molecule has 5 rings (SSSR count). The average Bonchev–Trinajstić information content (AvgIpc) is 3.01. The lowest BCUT2D eigenvalue weighted by Crippen LogP contribution is -2.56. The van der Waals surface area contributed by atoms with Crippen LogP contribution in [0.1, 0.15) is 38.3 Å². The molecule has 1 atom stereocenters. The summed E-state index contributed by atoms with van der Waals surface area (Å²) in [7, 11) is 0. The zero-order valence-corrected chi connectivity index (χ0v) is 19.4. The minimum atomic E-state index is -0.163. The maximum absolute atomic E-state index is 14.3. The van der Waals surface area contributed by atoms with E-state index in [-0.39, 0.29) is 16.3 Å². The summed E-state index contributed by atoms with van der Waals surface area (Å²) in [5.74, 6) is -0.149. The molecule has 3 aliphatic rings. The smallest absolute Gasteiger partial charge is 0.356 e. The lowest BCUT2D eigenvalue weighted by atomic mass is 9.97. The molecule has 6 nitrogen and oxygen atoms in total.